The minimum absolute atomic E-state index is 0. The molecule has 20 heavy (non-hydrogen) atoms. The molecule has 0 aromatic heterocycles. The number of benzene rings is 1. The number of carbonyl (C=O) groups is 2. The molecule has 6 heteroatoms. The summed E-state index contributed by atoms with van der Waals surface area (Å²) in [5.74, 6) is -0.401. The molecule has 2 amide bonds. The number of halogens is 1. The molecule has 112 valence electrons. The molecule has 0 spiro atoms. The van der Waals surface area contributed by atoms with E-state index in [0.717, 1.165) is 0 Å². The summed E-state index contributed by atoms with van der Waals surface area (Å²) in [5, 5.41) is 5.40. The number of nitrogens with two attached hydrogens (primary N) is 1. The maximum atomic E-state index is 12.0. The van der Waals surface area contributed by atoms with E-state index < -0.39 is 6.04 Å². The summed E-state index contributed by atoms with van der Waals surface area (Å²) in [6, 6.07) is 6.34. The molecule has 0 fully saturated rings. The molecule has 0 aliphatic carbocycles. The first kappa shape index (κ1) is 18.4. The number of hydrogen-bond donors (Lipinski definition) is 3. The van der Waals surface area contributed by atoms with Crippen LogP contribution in [0.2, 0.25) is 0 Å². The zero-order chi connectivity index (χ0) is 14.6. The van der Waals surface area contributed by atoms with Crippen LogP contribution in [-0.4, -0.2) is 17.9 Å². The Bertz CT molecular complexity index is 484. The van der Waals surface area contributed by atoms with Crippen LogP contribution in [0.5, 0.6) is 0 Å². The molecule has 0 radical (unpaired) electrons. The maximum absolute atomic E-state index is 12.0. The zero-order valence-electron chi connectivity index (χ0n) is 12.2. The largest absolute Gasteiger partial charge is 0.326 e. The summed E-state index contributed by atoms with van der Waals surface area (Å²) in [5.41, 5.74) is 6.81. The minimum Gasteiger partial charge on any atom is -0.326 e. The van der Waals surface area contributed by atoms with Crippen LogP contribution in [0, 0.1) is 5.41 Å². The molecule has 0 aliphatic rings. The van der Waals surface area contributed by atoms with E-state index in [1.165, 1.54) is 6.92 Å². The molecule has 1 aromatic carbocycles. The van der Waals surface area contributed by atoms with E-state index in [1.54, 1.807) is 24.3 Å². The predicted molar refractivity (Wildman–Crippen MR) is 84.1 cm³/mol. The zero-order valence-corrected chi connectivity index (χ0v) is 13.0. The monoisotopic (exact) mass is 299 g/mol. The molecule has 1 aromatic rings. The van der Waals surface area contributed by atoms with Crippen molar-refractivity contribution in [2.24, 2.45) is 11.1 Å². The first-order valence-electron chi connectivity index (χ1n) is 6.14. The highest BCUT2D eigenvalue weighted by Gasteiger charge is 2.27. The quantitative estimate of drug-likeness (QED) is 0.801. The van der Waals surface area contributed by atoms with Crippen molar-refractivity contribution in [1.82, 2.24) is 0 Å². The van der Waals surface area contributed by atoms with Crippen molar-refractivity contribution in [3.63, 3.8) is 0 Å². The van der Waals surface area contributed by atoms with E-state index >= 15 is 0 Å². The topological polar surface area (TPSA) is 84.2 Å². The summed E-state index contributed by atoms with van der Waals surface area (Å²) in [7, 11) is 0. The predicted octanol–water partition coefficient (Wildman–Crippen LogP) is 2.38. The number of nitrogens with one attached hydrogen (secondary N) is 2. The summed E-state index contributed by atoms with van der Waals surface area (Å²) < 4.78 is 0. The highest BCUT2D eigenvalue weighted by atomic mass is 35.5. The van der Waals surface area contributed by atoms with Crippen LogP contribution < -0.4 is 16.4 Å². The summed E-state index contributed by atoms with van der Waals surface area (Å²) >= 11 is 0. The van der Waals surface area contributed by atoms with E-state index in [4.69, 9.17) is 5.73 Å². The van der Waals surface area contributed by atoms with E-state index in [0.29, 0.717) is 11.4 Å². The smallest absolute Gasteiger partial charge is 0.241 e. The first-order chi connectivity index (χ1) is 8.70. The highest BCUT2D eigenvalue weighted by molar-refractivity contribution is 5.96. The SMILES string of the molecule is CC(=O)Nc1cccc(NC(=O)[C@@H](N)C(C)(C)C)c1.Cl. The fraction of sp³-hybridized carbons (Fsp3) is 0.429. The van der Waals surface area contributed by atoms with Crippen molar-refractivity contribution in [2.75, 3.05) is 10.6 Å². The van der Waals surface area contributed by atoms with Gasteiger partial charge in [0, 0.05) is 18.3 Å². The Kier molecular flexibility index (Phi) is 6.68. The average molecular weight is 300 g/mol. The van der Waals surface area contributed by atoms with Gasteiger partial charge in [-0.1, -0.05) is 26.8 Å². The van der Waals surface area contributed by atoms with Gasteiger partial charge >= 0.3 is 0 Å². The summed E-state index contributed by atoms with van der Waals surface area (Å²) in [4.78, 5) is 22.9. The van der Waals surface area contributed by atoms with Gasteiger partial charge in [0.25, 0.3) is 0 Å². The highest BCUT2D eigenvalue weighted by Crippen LogP contribution is 2.20. The molecule has 0 aliphatic heterocycles. The van der Waals surface area contributed by atoms with Gasteiger partial charge in [-0.15, -0.1) is 12.4 Å². The van der Waals surface area contributed by atoms with Crippen molar-refractivity contribution in [2.45, 2.75) is 33.7 Å². The molecule has 1 rings (SSSR count). The number of anilines is 2. The molecule has 1 atom stereocenters. The van der Waals surface area contributed by atoms with E-state index in [-0.39, 0.29) is 29.6 Å². The van der Waals surface area contributed by atoms with Crippen molar-refractivity contribution >= 4 is 35.6 Å². The second-order valence-corrected chi connectivity index (χ2v) is 5.59. The van der Waals surface area contributed by atoms with Crippen LogP contribution in [-0.2, 0) is 9.59 Å². The number of hydrogen-bond acceptors (Lipinski definition) is 3. The van der Waals surface area contributed by atoms with Crippen LogP contribution in [0.4, 0.5) is 11.4 Å². The third kappa shape index (κ3) is 5.59. The Morgan fingerprint density at radius 3 is 2.10 bits per heavy atom. The van der Waals surface area contributed by atoms with Gasteiger partial charge in [0.05, 0.1) is 6.04 Å². The lowest BCUT2D eigenvalue weighted by Crippen LogP contribution is -2.45. The van der Waals surface area contributed by atoms with Gasteiger partial charge in [-0.25, -0.2) is 0 Å². The van der Waals surface area contributed by atoms with Gasteiger partial charge in [-0.3, -0.25) is 9.59 Å². The van der Waals surface area contributed by atoms with Crippen molar-refractivity contribution in [1.29, 1.82) is 0 Å². The van der Waals surface area contributed by atoms with Crippen LogP contribution in [0.1, 0.15) is 27.7 Å². The lowest BCUT2D eigenvalue weighted by Gasteiger charge is -2.25. The lowest BCUT2D eigenvalue weighted by molar-refractivity contribution is -0.119. The van der Waals surface area contributed by atoms with Gasteiger partial charge in [0.15, 0.2) is 0 Å². The summed E-state index contributed by atoms with van der Waals surface area (Å²) in [6.07, 6.45) is 0. The van der Waals surface area contributed by atoms with Crippen molar-refractivity contribution < 1.29 is 9.59 Å². The fourth-order valence-electron chi connectivity index (χ4n) is 1.49. The molecule has 0 heterocycles. The summed E-state index contributed by atoms with van der Waals surface area (Å²) in [6.45, 7) is 7.15. The van der Waals surface area contributed by atoms with Gasteiger partial charge < -0.3 is 16.4 Å². The van der Waals surface area contributed by atoms with Crippen LogP contribution in [0.3, 0.4) is 0 Å². The third-order valence-corrected chi connectivity index (χ3v) is 2.67. The average Bonchev–Trinajstić information content (AvgIpc) is 2.26. The van der Waals surface area contributed by atoms with Crippen molar-refractivity contribution in [3.05, 3.63) is 24.3 Å². The maximum Gasteiger partial charge on any atom is 0.241 e. The number of rotatable bonds is 3. The minimum atomic E-state index is -0.600. The normalized spacial score (nSPS) is 12.1. The van der Waals surface area contributed by atoms with Crippen LogP contribution >= 0.6 is 12.4 Å². The van der Waals surface area contributed by atoms with Crippen molar-refractivity contribution in [3.8, 4) is 0 Å². The van der Waals surface area contributed by atoms with E-state index in [2.05, 4.69) is 10.6 Å². The molecular formula is C14H22ClN3O2. The molecule has 0 unspecified atom stereocenters. The second kappa shape index (κ2) is 7.26. The molecule has 4 N–H and O–H groups in total. The molecule has 0 bridgehead atoms. The first-order valence-corrected chi connectivity index (χ1v) is 6.14. The second-order valence-electron chi connectivity index (χ2n) is 5.59. The van der Waals surface area contributed by atoms with Gasteiger partial charge in [-0.05, 0) is 23.6 Å². The fourth-order valence-corrected chi connectivity index (χ4v) is 1.49. The van der Waals surface area contributed by atoms with Gasteiger partial charge in [0.1, 0.15) is 0 Å². The number of amides is 2. The number of carbonyl (C=O) groups excluding carboxylic acids is 2. The van der Waals surface area contributed by atoms with E-state index in [9.17, 15) is 9.59 Å². The Morgan fingerprint density at radius 1 is 1.15 bits per heavy atom. The Hall–Kier alpha value is -1.59. The molecule has 0 saturated heterocycles. The standard InChI is InChI=1S/C14H21N3O2.ClH/c1-9(18)16-10-6-5-7-11(8-10)17-13(19)12(15)14(2,3)4;/h5-8,12H,15H2,1-4H3,(H,16,18)(H,17,19);1H/t12-;/m1./s1. The molecular weight excluding hydrogens is 278 g/mol. The van der Waals surface area contributed by atoms with Crippen LogP contribution in [0.25, 0.3) is 0 Å². The van der Waals surface area contributed by atoms with E-state index in [1.807, 2.05) is 20.8 Å². The van der Waals surface area contributed by atoms with Crippen LogP contribution in [0.15, 0.2) is 24.3 Å². The Balaban J connectivity index is 0.00000361. The Labute approximate surface area is 125 Å². The molecule has 5 nitrogen and oxygen atoms in total. The third-order valence-electron chi connectivity index (χ3n) is 2.67. The Morgan fingerprint density at radius 2 is 1.65 bits per heavy atom. The van der Waals surface area contributed by atoms with Gasteiger partial charge in [0.2, 0.25) is 11.8 Å². The molecule has 0 saturated carbocycles. The lowest BCUT2D eigenvalue weighted by atomic mass is 9.87. The van der Waals surface area contributed by atoms with Gasteiger partial charge in [-0.2, -0.15) is 0 Å².